The molecule has 2 N–H and O–H groups in total. The fraction of sp³-hybridized carbons (Fsp3) is 0.150. The van der Waals surface area contributed by atoms with Gasteiger partial charge in [0.05, 0.1) is 15.6 Å². The van der Waals surface area contributed by atoms with E-state index in [-0.39, 0.29) is 10.0 Å². The van der Waals surface area contributed by atoms with Gasteiger partial charge in [0.15, 0.2) is 11.2 Å². The molecule has 1 aliphatic heterocycles. The predicted octanol–water partition coefficient (Wildman–Crippen LogP) is 3.95. The van der Waals surface area contributed by atoms with E-state index in [4.69, 9.17) is 16.3 Å². The highest BCUT2D eigenvalue weighted by atomic mass is 35.5. The zero-order valence-corrected chi connectivity index (χ0v) is 18.8. The number of carbonyl (C=O) groups is 2. The molecular formula is C20H17ClN4O5S2. The molecule has 0 radical (unpaired) electrons. The van der Waals surface area contributed by atoms with Crippen LogP contribution in [0, 0.1) is 0 Å². The van der Waals surface area contributed by atoms with Crippen molar-refractivity contribution in [2.45, 2.75) is 17.4 Å². The summed E-state index contributed by atoms with van der Waals surface area (Å²) in [6.45, 7) is 0.326. The zero-order chi connectivity index (χ0) is 22.7. The van der Waals surface area contributed by atoms with E-state index >= 15 is 0 Å². The molecule has 1 aromatic heterocycles. The number of thiazole rings is 1. The minimum absolute atomic E-state index is 0.0370. The first kappa shape index (κ1) is 22.1. The maximum atomic E-state index is 12.7. The number of amides is 2. The normalized spacial score (nSPS) is 16.1. The average Bonchev–Trinajstić information content (AvgIpc) is 3.39. The molecule has 1 saturated heterocycles. The minimum atomic E-state index is -3.79. The number of rotatable bonds is 6. The highest BCUT2D eigenvalue weighted by Gasteiger charge is 2.35. The average molecular weight is 493 g/mol. The smallest absolute Gasteiger partial charge is 0.412 e. The monoisotopic (exact) mass is 492 g/mol. The lowest BCUT2D eigenvalue weighted by Gasteiger charge is -2.17. The van der Waals surface area contributed by atoms with E-state index in [2.05, 4.69) is 15.0 Å². The molecule has 166 valence electrons. The predicted molar refractivity (Wildman–Crippen MR) is 122 cm³/mol. The molecule has 32 heavy (non-hydrogen) atoms. The van der Waals surface area contributed by atoms with Gasteiger partial charge >= 0.3 is 6.09 Å². The van der Waals surface area contributed by atoms with Gasteiger partial charge in [0.1, 0.15) is 0 Å². The van der Waals surface area contributed by atoms with Gasteiger partial charge in [-0.3, -0.25) is 14.8 Å². The van der Waals surface area contributed by atoms with Crippen LogP contribution in [0.25, 0.3) is 0 Å². The largest absolute Gasteiger partial charge is 0.436 e. The summed E-state index contributed by atoms with van der Waals surface area (Å²) in [5.41, 5.74) is 0.880. The maximum Gasteiger partial charge on any atom is 0.412 e. The lowest BCUT2D eigenvalue weighted by Crippen LogP contribution is -2.33. The molecule has 0 bridgehead atoms. The highest BCUT2D eigenvalue weighted by molar-refractivity contribution is 7.93. The molecule has 0 unspecified atom stereocenters. The van der Waals surface area contributed by atoms with E-state index in [1.54, 1.807) is 29.6 Å². The number of carbonyl (C=O) groups excluding carboxylic acids is 2. The Morgan fingerprint density at radius 2 is 1.94 bits per heavy atom. The summed E-state index contributed by atoms with van der Waals surface area (Å²) in [6.07, 6.45) is 0.0681. The molecule has 1 aliphatic rings. The summed E-state index contributed by atoms with van der Waals surface area (Å²) >= 11 is 7.17. The molecule has 9 nitrogen and oxygen atoms in total. The van der Waals surface area contributed by atoms with E-state index in [0.29, 0.717) is 29.4 Å². The van der Waals surface area contributed by atoms with Crippen molar-refractivity contribution in [1.29, 1.82) is 0 Å². The summed E-state index contributed by atoms with van der Waals surface area (Å²) in [5, 5.41) is 4.79. The van der Waals surface area contributed by atoms with Gasteiger partial charge in [0, 0.05) is 30.2 Å². The lowest BCUT2D eigenvalue weighted by molar-refractivity contribution is -0.124. The number of halogens is 1. The fourth-order valence-electron chi connectivity index (χ4n) is 3.10. The molecule has 0 aliphatic carbocycles. The summed E-state index contributed by atoms with van der Waals surface area (Å²) in [7, 11) is -3.79. The third-order valence-corrected chi connectivity index (χ3v) is 7.13. The number of nitrogens with zero attached hydrogens (tertiary/aromatic N) is 2. The van der Waals surface area contributed by atoms with Crippen molar-refractivity contribution in [3.05, 3.63) is 65.1 Å². The van der Waals surface area contributed by atoms with Gasteiger partial charge in [-0.2, -0.15) is 0 Å². The minimum Gasteiger partial charge on any atom is -0.436 e. The quantitative estimate of drug-likeness (QED) is 0.538. The lowest BCUT2D eigenvalue weighted by atomic mass is 10.3. The Balaban J connectivity index is 1.39. The Morgan fingerprint density at radius 1 is 1.19 bits per heavy atom. The molecule has 3 aromatic rings. The first-order valence-corrected chi connectivity index (χ1v) is 12.1. The van der Waals surface area contributed by atoms with Crippen molar-refractivity contribution in [2.75, 3.05) is 21.5 Å². The van der Waals surface area contributed by atoms with Gasteiger partial charge in [-0.1, -0.05) is 23.7 Å². The Bertz CT molecular complexity index is 1230. The number of aromatic nitrogens is 1. The molecule has 1 atom stereocenters. The Labute approximate surface area is 193 Å². The van der Waals surface area contributed by atoms with Crippen LogP contribution in [-0.4, -0.2) is 38.1 Å². The summed E-state index contributed by atoms with van der Waals surface area (Å²) in [5.74, 6) is -0.393. The molecule has 0 spiro atoms. The van der Waals surface area contributed by atoms with Crippen LogP contribution in [0.15, 0.2) is 65.0 Å². The molecule has 12 heteroatoms. The second kappa shape index (κ2) is 9.15. The van der Waals surface area contributed by atoms with Gasteiger partial charge in [0.2, 0.25) is 0 Å². The maximum absolute atomic E-state index is 12.7. The number of benzene rings is 2. The number of hydrogen-bond acceptors (Lipinski definition) is 7. The SMILES string of the molecule is O=C(Nc1ccccc1Cl)O[C@H]1CCN(c2ccc(S(=O)(=O)Nc3nccs3)cc2)C1=O. The second-order valence-corrected chi connectivity index (χ2v) is 9.70. The van der Waals surface area contributed by atoms with Crippen LogP contribution < -0.4 is 14.9 Å². The van der Waals surface area contributed by atoms with Crippen molar-refractivity contribution in [2.24, 2.45) is 0 Å². The highest BCUT2D eigenvalue weighted by Crippen LogP contribution is 2.26. The fourth-order valence-corrected chi connectivity index (χ4v) is 5.08. The number of anilines is 3. The number of ether oxygens (including phenoxy) is 1. The van der Waals surface area contributed by atoms with Crippen LogP contribution in [-0.2, 0) is 19.6 Å². The van der Waals surface area contributed by atoms with Gasteiger partial charge in [-0.05, 0) is 36.4 Å². The Morgan fingerprint density at radius 3 is 2.62 bits per heavy atom. The molecule has 2 amide bonds. The number of nitrogens with one attached hydrogen (secondary N) is 2. The van der Waals surface area contributed by atoms with Crippen LogP contribution in [0.5, 0.6) is 0 Å². The van der Waals surface area contributed by atoms with E-state index in [0.717, 1.165) is 0 Å². The molecule has 2 aromatic carbocycles. The summed E-state index contributed by atoms with van der Waals surface area (Å²) in [6, 6.07) is 12.5. The van der Waals surface area contributed by atoms with Gasteiger partial charge < -0.3 is 9.64 Å². The second-order valence-electron chi connectivity index (χ2n) is 6.71. The van der Waals surface area contributed by atoms with E-state index < -0.39 is 28.1 Å². The van der Waals surface area contributed by atoms with Gasteiger partial charge in [0.25, 0.3) is 15.9 Å². The number of para-hydroxylation sites is 1. The standard InChI is InChI=1S/C20H17ClN4O5S2/c21-15-3-1-2-4-16(15)23-20(27)30-17-9-11-25(18(17)26)13-5-7-14(8-6-13)32(28,29)24-19-22-10-12-31-19/h1-8,10,12,17H,9,11H2,(H,22,24)(H,23,27)/t17-/m0/s1. The van der Waals surface area contributed by atoms with E-state index in [9.17, 15) is 18.0 Å². The zero-order valence-electron chi connectivity index (χ0n) is 16.4. The molecule has 4 rings (SSSR count). The topological polar surface area (TPSA) is 118 Å². The Kier molecular flexibility index (Phi) is 6.31. The summed E-state index contributed by atoms with van der Waals surface area (Å²) < 4.78 is 32.5. The van der Waals surface area contributed by atoms with Crippen LogP contribution in [0.4, 0.5) is 21.3 Å². The van der Waals surface area contributed by atoms with Crippen LogP contribution in [0.3, 0.4) is 0 Å². The molecule has 2 heterocycles. The van der Waals surface area contributed by atoms with Crippen molar-refractivity contribution in [3.63, 3.8) is 0 Å². The van der Waals surface area contributed by atoms with Crippen molar-refractivity contribution >= 4 is 61.5 Å². The van der Waals surface area contributed by atoms with Gasteiger partial charge in [-0.25, -0.2) is 18.2 Å². The van der Waals surface area contributed by atoms with E-state index in [1.807, 2.05) is 0 Å². The third kappa shape index (κ3) is 4.85. The molecule has 0 saturated carbocycles. The van der Waals surface area contributed by atoms with E-state index in [1.165, 1.54) is 46.7 Å². The molecular weight excluding hydrogens is 476 g/mol. The van der Waals surface area contributed by atoms with Crippen LogP contribution in [0.2, 0.25) is 5.02 Å². The number of hydrogen-bond donors (Lipinski definition) is 2. The van der Waals surface area contributed by atoms with Crippen LogP contribution >= 0.6 is 22.9 Å². The first-order chi connectivity index (χ1) is 15.3. The first-order valence-electron chi connectivity index (χ1n) is 9.39. The number of sulfonamides is 1. The summed E-state index contributed by atoms with van der Waals surface area (Å²) in [4.78, 5) is 30.2. The molecule has 1 fully saturated rings. The van der Waals surface area contributed by atoms with Crippen LogP contribution in [0.1, 0.15) is 6.42 Å². The van der Waals surface area contributed by atoms with Crippen molar-refractivity contribution in [3.8, 4) is 0 Å². The third-order valence-electron chi connectivity index (χ3n) is 4.63. The van der Waals surface area contributed by atoms with Crippen molar-refractivity contribution in [1.82, 2.24) is 4.98 Å². The Hall–Kier alpha value is -3.15. The van der Waals surface area contributed by atoms with Gasteiger partial charge in [-0.15, -0.1) is 11.3 Å². The van der Waals surface area contributed by atoms with Crippen molar-refractivity contribution < 1.29 is 22.7 Å².